The van der Waals surface area contributed by atoms with Crippen LogP contribution in [0.1, 0.15) is 6.42 Å². The average Bonchev–Trinajstić information content (AvgIpc) is 2.35. The number of nitrogens with one attached hydrogen (secondary N) is 1. The molecule has 1 heterocycles. The van der Waals surface area contributed by atoms with E-state index in [0.29, 0.717) is 22.1 Å². The summed E-state index contributed by atoms with van der Waals surface area (Å²) in [5.41, 5.74) is -0.351. The van der Waals surface area contributed by atoms with Crippen LogP contribution in [0, 0.1) is 0 Å². The van der Waals surface area contributed by atoms with Crippen molar-refractivity contribution in [3.8, 4) is 0 Å². The van der Waals surface area contributed by atoms with Crippen molar-refractivity contribution in [3.63, 3.8) is 0 Å². The second-order valence-corrected chi connectivity index (χ2v) is 5.11. The molecule has 0 fully saturated rings. The minimum atomic E-state index is -0.351. The predicted octanol–water partition coefficient (Wildman–Crippen LogP) is 0.921. The van der Waals surface area contributed by atoms with Crippen LogP contribution in [0.3, 0.4) is 0 Å². The van der Waals surface area contributed by atoms with Crippen molar-refractivity contribution < 1.29 is 9.53 Å². The summed E-state index contributed by atoms with van der Waals surface area (Å²) in [4.78, 5) is 23.3. The molecule has 0 radical (unpaired) electrons. The third-order valence-electron chi connectivity index (χ3n) is 2.08. The predicted molar refractivity (Wildman–Crippen MR) is 73.4 cm³/mol. The first kappa shape index (κ1) is 15.3. The molecule has 0 aromatic carbocycles. The number of halogens is 2. The number of methoxy groups -OCH3 is 1. The zero-order valence-electron chi connectivity index (χ0n) is 9.78. The Kier molecular flexibility index (Phi) is 6.51. The van der Waals surface area contributed by atoms with Crippen LogP contribution in [-0.2, 0) is 16.1 Å². The van der Waals surface area contributed by atoms with E-state index >= 15 is 0 Å². The number of aromatic nitrogens is 2. The van der Waals surface area contributed by atoms with E-state index < -0.39 is 0 Å². The Morgan fingerprint density at radius 2 is 2.28 bits per heavy atom. The van der Waals surface area contributed by atoms with Crippen LogP contribution in [-0.4, -0.2) is 35.9 Å². The highest BCUT2D eigenvalue weighted by atomic mass is 79.9. The molecule has 1 aromatic rings. The van der Waals surface area contributed by atoms with Gasteiger partial charge in [0.1, 0.15) is 11.0 Å². The van der Waals surface area contributed by atoms with E-state index in [9.17, 15) is 9.59 Å². The molecule has 1 amide bonds. The summed E-state index contributed by atoms with van der Waals surface area (Å²) >= 11 is 6.29. The summed E-state index contributed by atoms with van der Waals surface area (Å²) in [6.45, 7) is 0.999. The molecule has 0 spiro atoms. The highest BCUT2D eigenvalue weighted by Gasteiger charge is 2.09. The number of carbonyl (C=O) groups excluding carboxylic acids is 1. The van der Waals surface area contributed by atoms with E-state index in [4.69, 9.17) is 4.74 Å². The summed E-state index contributed by atoms with van der Waals surface area (Å²) in [7, 11) is 1.60. The van der Waals surface area contributed by atoms with Crippen molar-refractivity contribution >= 4 is 37.8 Å². The molecule has 0 aliphatic carbocycles. The van der Waals surface area contributed by atoms with Gasteiger partial charge in [-0.05, 0) is 38.3 Å². The van der Waals surface area contributed by atoms with Crippen LogP contribution in [0.2, 0.25) is 0 Å². The maximum atomic E-state index is 11.7. The van der Waals surface area contributed by atoms with Gasteiger partial charge in [-0.15, -0.1) is 0 Å². The molecule has 6 nitrogen and oxygen atoms in total. The van der Waals surface area contributed by atoms with Crippen LogP contribution in [0.25, 0.3) is 0 Å². The normalized spacial score (nSPS) is 10.4. The van der Waals surface area contributed by atoms with Gasteiger partial charge in [-0.2, -0.15) is 5.10 Å². The molecule has 0 unspecified atom stereocenters. The fraction of sp³-hybridized carbons (Fsp3) is 0.500. The Hall–Kier alpha value is -0.730. The van der Waals surface area contributed by atoms with Gasteiger partial charge in [-0.1, -0.05) is 0 Å². The molecule has 0 saturated heterocycles. The van der Waals surface area contributed by atoms with Crippen molar-refractivity contribution in [3.05, 3.63) is 25.5 Å². The van der Waals surface area contributed by atoms with Gasteiger partial charge in [-0.25, -0.2) is 4.68 Å². The van der Waals surface area contributed by atoms with Crippen molar-refractivity contribution in [1.82, 2.24) is 15.1 Å². The minimum absolute atomic E-state index is 0.0995. The van der Waals surface area contributed by atoms with Gasteiger partial charge in [0.05, 0.1) is 10.7 Å². The molecule has 1 aromatic heterocycles. The lowest BCUT2D eigenvalue weighted by Gasteiger charge is -2.07. The van der Waals surface area contributed by atoms with Gasteiger partial charge in [0.2, 0.25) is 5.91 Å². The largest absolute Gasteiger partial charge is 0.385 e. The first-order valence-corrected chi connectivity index (χ1v) is 6.81. The summed E-state index contributed by atoms with van der Waals surface area (Å²) in [6.07, 6.45) is 2.19. The van der Waals surface area contributed by atoms with E-state index in [2.05, 4.69) is 42.3 Å². The third kappa shape index (κ3) is 4.51. The molecule has 0 atom stereocenters. The quantitative estimate of drug-likeness (QED) is 0.742. The molecule has 0 aliphatic rings. The summed E-state index contributed by atoms with van der Waals surface area (Å²) in [5, 5.41) is 6.55. The first-order valence-electron chi connectivity index (χ1n) is 5.23. The molecule has 100 valence electrons. The zero-order valence-corrected chi connectivity index (χ0v) is 13.0. The molecule has 0 bridgehead atoms. The Morgan fingerprint density at radius 1 is 1.56 bits per heavy atom. The third-order valence-corrected chi connectivity index (χ3v) is 3.98. The Morgan fingerprint density at radius 3 is 2.94 bits per heavy atom. The maximum Gasteiger partial charge on any atom is 0.282 e. The highest BCUT2D eigenvalue weighted by molar-refractivity contribution is 9.13. The van der Waals surface area contributed by atoms with Crippen LogP contribution < -0.4 is 10.9 Å². The van der Waals surface area contributed by atoms with Gasteiger partial charge in [0, 0.05) is 20.3 Å². The Labute approximate surface area is 121 Å². The lowest BCUT2D eigenvalue weighted by Crippen LogP contribution is -2.34. The molecule has 1 N–H and O–H groups in total. The minimum Gasteiger partial charge on any atom is -0.385 e. The molecular weight excluding hydrogens is 370 g/mol. The standard InChI is InChI=1S/C10H13Br2N3O3/c1-18-4-2-3-13-8(16)6-15-10(17)9(12)7(11)5-14-15/h5H,2-4,6H2,1H3,(H,13,16). The van der Waals surface area contributed by atoms with E-state index in [1.54, 1.807) is 7.11 Å². The van der Waals surface area contributed by atoms with Crippen LogP contribution in [0.15, 0.2) is 19.9 Å². The molecule has 8 heteroatoms. The Balaban J connectivity index is 2.55. The van der Waals surface area contributed by atoms with Crippen LogP contribution in [0.4, 0.5) is 0 Å². The lowest BCUT2D eigenvalue weighted by atomic mass is 10.4. The molecule has 0 aliphatic heterocycles. The first-order chi connectivity index (χ1) is 8.56. The Bertz CT molecular complexity index is 476. The van der Waals surface area contributed by atoms with Gasteiger partial charge >= 0.3 is 0 Å². The number of ether oxygens (including phenoxy) is 1. The second-order valence-electron chi connectivity index (χ2n) is 3.47. The molecule has 0 saturated carbocycles. The fourth-order valence-electron chi connectivity index (χ4n) is 1.19. The smallest absolute Gasteiger partial charge is 0.282 e. The monoisotopic (exact) mass is 381 g/mol. The van der Waals surface area contributed by atoms with E-state index in [1.165, 1.54) is 6.20 Å². The lowest BCUT2D eigenvalue weighted by molar-refractivity contribution is -0.121. The van der Waals surface area contributed by atoms with Gasteiger partial charge in [-0.3, -0.25) is 9.59 Å². The van der Waals surface area contributed by atoms with E-state index in [0.717, 1.165) is 11.1 Å². The summed E-state index contributed by atoms with van der Waals surface area (Å²) in [6, 6.07) is 0. The topological polar surface area (TPSA) is 73.2 Å². The number of nitrogens with zero attached hydrogens (tertiary/aromatic N) is 2. The summed E-state index contributed by atoms with van der Waals surface area (Å²) < 4.78 is 6.87. The van der Waals surface area contributed by atoms with Crippen molar-refractivity contribution in [1.29, 1.82) is 0 Å². The van der Waals surface area contributed by atoms with Crippen molar-refractivity contribution in [2.45, 2.75) is 13.0 Å². The second kappa shape index (κ2) is 7.65. The van der Waals surface area contributed by atoms with Crippen LogP contribution >= 0.6 is 31.9 Å². The van der Waals surface area contributed by atoms with Gasteiger partial charge in [0.15, 0.2) is 0 Å². The van der Waals surface area contributed by atoms with Gasteiger partial charge in [0.25, 0.3) is 5.56 Å². The molecule has 1 rings (SSSR count). The number of hydrogen-bond donors (Lipinski definition) is 1. The maximum absolute atomic E-state index is 11.7. The number of amides is 1. The molecule has 18 heavy (non-hydrogen) atoms. The average molecular weight is 383 g/mol. The number of rotatable bonds is 6. The molecular formula is C10H13Br2N3O3. The summed E-state index contributed by atoms with van der Waals surface area (Å²) in [5.74, 6) is -0.255. The van der Waals surface area contributed by atoms with Crippen molar-refractivity contribution in [2.24, 2.45) is 0 Å². The van der Waals surface area contributed by atoms with E-state index in [1.807, 2.05) is 0 Å². The van der Waals surface area contributed by atoms with Crippen molar-refractivity contribution in [2.75, 3.05) is 20.3 Å². The van der Waals surface area contributed by atoms with Gasteiger partial charge < -0.3 is 10.1 Å². The fourth-order valence-corrected chi connectivity index (χ4v) is 1.76. The number of carbonyl (C=O) groups is 1. The van der Waals surface area contributed by atoms with Crippen LogP contribution in [0.5, 0.6) is 0 Å². The zero-order chi connectivity index (χ0) is 13.5. The SMILES string of the molecule is COCCCNC(=O)Cn1ncc(Br)c(Br)c1=O. The van der Waals surface area contributed by atoms with E-state index in [-0.39, 0.29) is 18.0 Å². The number of hydrogen-bond acceptors (Lipinski definition) is 4. The highest BCUT2D eigenvalue weighted by Crippen LogP contribution is 2.16.